The van der Waals surface area contributed by atoms with Gasteiger partial charge in [0.1, 0.15) is 12.7 Å². The fourth-order valence-corrected chi connectivity index (χ4v) is 3.21. The third kappa shape index (κ3) is 3.47. The van der Waals surface area contributed by atoms with Crippen LogP contribution in [0.2, 0.25) is 0 Å². The lowest BCUT2D eigenvalue weighted by Gasteiger charge is -2.30. The van der Waals surface area contributed by atoms with Crippen molar-refractivity contribution in [3.05, 3.63) is 53.9 Å². The SMILES string of the molecule is CC(CN1CCc2ccccc2C1)NC(=O)c1nc(-n2cnnc2)n[nH]1. The lowest BCUT2D eigenvalue weighted by molar-refractivity contribution is 0.0917. The van der Waals surface area contributed by atoms with E-state index < -0.39 is 0 Å². The second kappa shape index (κ2) is 7.04. The third-order valence-electron chi connectivity index (χ3n) is 4.46. The molecular formula is C17H20N8O. The monoisotopic (exact) mass is 352 g/mol. The molecule has 0 fully saturated rings. The molecule has 1 aliphatic heterocycles. The normalized spacial score (nSPS) is 15.4. The molecular weight excluding hydrogens is 332 g/mol. The number of fused-ring (bicyclic) bond motifs is 1. The first-order chi connectivity index (χ1) is 12.7. The first kappa shape index (κ1) is 16.4. The zero-order valence-electron chi connectivity index (χ0n) is 14.5. The van der Waals surface area contributed by atoms with E-state index in [0.717, 1.165) is 26.1 Å². The number of nitrogens with one attached hydrogen (secondary N) is 2. The molecule has 3 aromatic rings. The number of H-pyrrole nitrogens is 1. The van der Waals surface area contributed by atoms with Crippen LogP contribution in [0.15, 0.2) is 36.9 Å². The maximum absolute atomic E-state index is 12.4. The van der Waals surface area contributed by atoms with Crippen LogP contribution in [0.1, 0.15) is 28.7 Å². The highest BCUT2D eigenvalue weighted by Gasteiger charge is 2.20. The number of hydrogen-bond donors (Lipinski definition) is 2. The van der Waals surface area contributed by atoms with E-state index in [-0.39, 0.29) is 17.8 Å². The van der Waals surface area contributed by atoms with Crippen LogP contribution < -0.4 is 5.32 Å². The quantitative estimate of drug-likeness (QED) is 0.695. The predicted octanol–water partition coefficient (Wildman–Crippen LogP) is 0.562. The van der Waals surface area contributed by atoms with Crippen LogP contribution in [-0.4, -0.2) is 59.9 Å². The van der Waals surface area contributed by atoms with Crippen LogP contribution in [0.5, 0.6) is 0 Å². The molecule has 0 spiro atoms. The minimum atomic E-state index is -0.276. The van der Waals surface area contributed by atoms with Gasteiger partial charge in [-0.05, 0) is 24.5 Å². The topological polar surface area (TPSA) is 105 Å². The van der Waals surface area contributed by atoms with E-state index in [1.807, 2.05) is 6.92 Å². The minimum Gasteiger partial charge on any atom is -0.346 e. The van der Waals surface area contributed by atoms with Gasteiger partial charge < -0.3 is 5.32 Å². The first-order valence-corrected chi connectivity index (χ1v) is 8.56. The van der Waals surface area contributed by atoms with Crippen LogP contribution in [0.4, 0.5) is 0 Å². The number of rotatable bonds is 5. The lowest BCUT2D eigenvalue weighted by atomic mass is 10.00. The number of amides is 1. The second-order valence-corrected chi connectivity index (χ2v) is 6.48. The van der Waals surface area contributed by atoms with E-state index in [0.29, 0.717) is 5.95 Å². The fraction of sp³-hybridized carbons (Fsp3) is 0.353. The highest BCUT2D eigenvalue weighted by molar-refractivity contribution is 5.90. The summed E-state index contributed by atoms with van der Waals surface area (Å²) >= 11 is 0. The number of benzene rings is 1. The van der Waals surface area contributed by atoms with Gasteiger partial charge in [0.25, 0.3) is 11.9 Å². The molecule has 0 bridgehead atoms. The Balaban J connectivity index is 1.33. The summed E-state index contributed by atoms with van der Waals surface area (Å²) in [7, 11) is 0. The zero-order valence-corrected chi connectivity index (χ0v) is 14.5. The van der Waals surface area contributed by atoms with Gasteiger partial charge in [0, 0.05) is 25.7 Å². The first-order valence-electron chi connectivity index (χ1n) is 8.56. The number of nitrogens with zero attached hydrogens (tertiary/aromatic N) is 6. The molecule has 1 unspecified atom stereocenters. The van der Waals surface area contributed by atoms with E-state index >= 15 is 0 Å². The van der Waals surface area contributed by atoms with Crippen molar-refractivity contribution in [2.24, 2.45) is 0 Å². The van der Waals surface area contributed by atoms with Crippen molar-refractivity contribution in [2.75, 3.05) is 13.1 Å². The molecule has 0 saturated carbocycles. The molecule has 0 aliphatic carbocycles. The van der Waals surface area contributed by atoms with Crippen LogP contribution >= 0.6 is 0 Å². The van der Waals surface area contributed by atoms with Crippen molar-refractivity contribution < 1.29 is 4.79 Å². The molecule has 2 N–H and O–H groups in total. The van der Waals surface area contributed by atoms with E-state index in [9.17, 15) is 4.79 Å². The summed E-state index contributed by atoms with van der Waals surface area (Å²) in [6.07, 6.45) is 3.99. The molecule has 3 heterocycles. The third-order valence-corrected chi connectivity index (χ3v) is 4.46. The van der Waals surface area contributed by atoms with Gasteiger partial charge >= 0.3 is 0 Å². The molecule has 1 aromatic carbocycles. The summed E-state index contributed by atoms with van der Waals surface area (Å²) in [4.78, 5) is 18.9. The highest BCUT2D eigenvalue weighted by atomic mass is 16.2. The van der Waals surface area contributed by atoms with Crippen LogP contribution in [0.3, 0.4) is 0 Å². The Bertz CT molecular complexity index is 888. The molecule has 9 nitrogen and oxygen atoms in total. The number of aromatic nitrogens is 6. The minimum absolute atomic E-state index is 0.00350. The highest BCUT2D eigenvalue weighted by Crippen LogP contribution is 2.18. The number of carbonyl (C=O) groups excluding carboxylic acids is 1. The van der Waals surface area contributed by atoms with Gasteiger partial charge in [0.05, 0.1) is 0 Å². The van der Waals surface area contributed by atoms with E-state index in [4.69, 9.17) is 0 Å². The average molecular weight is 352 g/mol. The Kier molecular flexibility index (Phi) is 4.44. The lowest BCUT2D eigenvalue weighted by Crippen LogP contribution is -2.43. The molecule has 0 saturated heterocycles. The van der Waals surface area contributed by atoms with Crippen molar-refractivity contribution >= 4 is 5.91 Å². The summed E-state index contributed by atoms with van der Waals surface area (Å²) in [5, 5.41) is 17.0. The average Bonchev–Trinajstić information content (AvgIpc) is 3.33. The molecule has 1 atom stereocenters. The molecule has 1 aliphatic rings. The maximum atomic E-state index is 12.4. The van der Waals surface area contributed by atoms with Gasteiger partial charge in [0.15, 0.2) is 0 Å². The van der Waals surface area contributed by atoms with Gasteiger partial charge in [-0.2, -0.15) is 4.98 Å². The zero-order chi connectivity index (χ0) is 17.9. The molecule has 0 radical (unpaired) electrons. The summed E-state index contributed by atoms with van der Waals surface area (Å²) in [6, 6.07) is 8.52. The van der Waals surface area contributed by atoms with Crippen molar-refractivity contribution in [3.63, 3.8) is 0 Å². The Morgan fingerprint density at radius 2 is 2.04 bits per heavy atom. The van der Waals surface area contributed by atoms with Gasteiger partial charge in [0.2, 0.25) is 5.82 Å². The Hall–Kier alpha value is -3.07. The fourth-order valence-electron chi connectivity index (χ4n) is 3.21. The molecule has 9 heteroatoms. The standard InChI is InChI=1S/C17H20N8O/c1-12(8-24-7-6-13-4-2-3-5-14(13)9-24)20-16(26)15-21-17(23-22-15)25-10-18-19-11-25/h2-5,10-12H,6-9H2,1H3,(H,20,26)(H,21,22,23). The largest absolute Gasteiger partial charge is 0.346 e. The van der Waals surface area contributed by atoms with Crippen molar-refractivity contribution in [1.29, 1.82) is 0 Å². The summed E-state index contributed by atoms with van der Waals surface area (Å²) in [5.74, 6) is 0.228. The predicted molar refractivity (Wildman–Crippen MR) is 93.7 cm³/mol. The van der Waals surface area contributed by atoms with Gasteiger partial charge in [-0.25, -0.2) is 0 Å². The van der Waals surface area contributed by atoms with Crippen LogP contribution in [0, 0.1) is 0 Å². The summed E-state index contributed by atoms with van der Waals surface area (Å²) < 4.78 is 1.53. The number of carbonyl (C=O) groups is 1. The van der Waals surface area contributed by atoms with E-state index in [1.165, 1.54) is 28.3 Å². The van der Waals surface area contributed by atoms with Gasteiger partial charge in [-0.3, -0.25) is 19.4 Å². The smallest absolute Gasteiger partial charge is 0.288 e. The Morgan fingerprint density at radius 1 is 1.27 bits per heavy atom. The Labute approximate surface area is 150 Å². The molecule has 4 rings (SSSR count). The van der Waals surface area contributed by atoms with E-state index in [1.54, 1.807) is 0 Å². The van der Waals surface area contributed by atoms with Gasteiger partial charge in [-0.15, -0.1) is 15.3 Å². The molecule has 1 amide bonds. The van der Waals surface area contributed by atoms with Crippen LogP contribution in [-0.2, 0) is 13.0 Å². The molecule has 2 aromatic heterocycles. The van der Waals surface area contributed by atoms with E-state index in [2.05, 4.69) is 59.9 Å². The molecule has 134 valence electrons. The second-order valence-electron chi connectivity index (χ2n) is 6.48. The number of aromatic amines is 1. The van der Waals surface area contributed by atoms with Crippen molar-refractivity contribution in [2.45, 2.75) is 25.9 Å². The van der Waals surface area contributed by atoms with Crippen molar-refractivity contribution in [1.82, 2.24) is 40.2 Å². The summed E-state index contributed by atoms with van der Waals surface area (Å²) in [6.45, 7) is 4.69. The molecule has 26 heavy (non-hydrogen) atoms. The maximum Gasteiger partial charge on any atom is 0.288 e. The number of hydrogen-bond acceptors (Lipinski definition) is 6. The Morgan fingerprint density at radius 3 is 2.85 bits per heavy atom. The van der Waals surface area contributed by atoms with Crippen molar-refractivity contribution in [3.8, 4) is 5.95 Å². The van der Waals surface area contributed by atoms with Crippen LogP contribution in [0.25, 0.3) is 5.95 Å². The van der Waals surface area contributed by atoms with Gasteiger partial charge in [-0.1, -0.05) is 24.3 Å². The summed E-state index contributed by atoms with van der Waals surface area (Å²) in [5.41, 5.74) is 2.79.